The summed E-state index contributed by atoms with van der Waals surface area (Å²) >= 11 is 0. The third-order valence-corrected chi connectivity index (χ3v) is 2.76. The number of rotatable bonds is 7. The van der Waals surface area contributed by atoms with E-state index in [9.17, 15) is 9.59 Å². The maximum Gasteiger partial charge on any atom is 0.332 e. The summed E-state index contributed by atoms with van der Waals surface area (Å²) in [5.74, 6) is -0.936. The zero-order valence-corrected chi connectivity index (χ0v) is 10.6. The fourth-order valence-electron chi connectivity index (χ4n) is 1.77. The highest BCUT2D eigenvalue weighted by molar-refractivity contribution is 5.74. The molecule has 1 aliphatic heterocycles. The minimum absolute atomic E-state index is 0.200. The second-order valence-corrected chi connectivity index (χ2v) is 4.26. The Kier molecular flexibility index (Phi) is 6.45. The molecule has 0 aromatic carbocycles. The Morgan fingerprint density at radius 3 is 2.67 bits per heavy atom. The molecule has 0 bridgehead atoms. The summed E-state index contributed by atoms with van der Waals surface area (Å²) < 4.78 is 5.26. The molecule has 1 aliphatic rings. The fourth-order valence-corrected chi connectivity index (χ4v) is 1.77. The van der Waals surface area contributed by atoms with E-state index >= 15 is 0 Å². The molecule has 0 aromatic rings. The number of urea groups is 1. The van der Waals surface area contributed by atoms with Gasteiger partial charge in [-0.3, -0.25) is 0 Å². The number of hydrogen-bond acceptors (Lipinski definition) is 4. The smallest absolute Gasteiger partial charge is 0.332 e. The lowest BCUT2D eigenvalue weighted by Gasteiger charge is -2.12. The van der Waals surface area contributed by atoms with Crippen LogP contribution in [0.4, 0.5) is 4.79 Å². The van der Waals surface area contributed by atoms with Gasteiger partial charge >= 0.3 is 12.0 Å². The number of amides is 2. The van der Waals surface area contributed by atoms with Gasteiger partial charge in [-0.1, -0.05) is 0 Å². The third kappa shape index (κ3) is 5.33. The lowest BCUT2D eigenvalue weighted by Crippen LogP contribution is -2.40. The van der Waals surface area contributed by atoms with Crippen LogP contribution in [0.15, 0.2) is 0 Å². The van der Waals surface area contributed by atoms with Crippen molar-refractivity contribution in [3.63, 3.8) is 0 Å². The van der Waals surface area contributed by atoms with Gasteiger partial charge in [-0.05, 0) is 32.9 Å². The second-order valence-electron chi connectivity index (χ2n) is 4.26. The van der Waals surface area contributed by atoms with Gasteiger partial charge in [0, 0.05) is 13.1 Å². The van der Waals surface area contributed by atoms with Crippen LogP contribution in [-0.2, 0) is 9.53 Å². The van der Waals surface area contributed by atoms with E-state index in [1.165, 1.54) is 0 Å². The first-order valence-electron chi connectivity index (χ1n) is 6.18. The standard InChI is InChI=1S/C11H21N3O4/c1-12-5-2-6-13-11(17)14-7-8-3-4-9(18-8)10(15)16/h8-9,12H,2-7H2,1H3,(H,15,16)(H2,13,14,17). The van der Waals surface area contributed by atoms with Gasteiger partial charge < -0.3 is 25.8 Å². The summed E-state index contributed by atoms with van der Waals surface area (Å²) in [6, 6.07) is -0.242. The van der Waals surface area contributed by atoms with E-state index in [0.717, 1.165) is 13.0 Å². The predicted molar refractivity (Wildman–Crippen MR) is 65.5 cm³/mol. The molecular weight excluding hydrogens is 238 g/mol. The normalized spacial score (nSPS) is 22.7. The van der Waals surface area contributed by atoms with E-state index in [-0.39, 0.29) is 12.1 Å². The molecule has 1 fully saturated rings. The molecule has 1 saturated heterocycles. The van der Waals surface area contributed by atoms with Crippen LogP contribution in [0.2, 0.25) is 0 Å². The van der Waals surface area contributed by atoms with Gasteiger partial charge in [0.2, 0.25) is 0 Å². The SMILES string of the molecule is CNCCCNC(=O)NCC1CCC(C(=O)O)O1. The van der Waals surface area contributed by atoms with E-state index in [1.54, 1.807) is 0 Å². The first-order valence-corrected chi connectivity index (χ1v) is 6.18. The molecule has 4 N–H and O–H groups in total. The summed E-state index contributed by atoms with van der Waals surface area (Å²) in [6.07, 6.45) is 1.11. The molecule has 1 heterocycles. The first kappa shape index (κ1) is 14.7. The quantitative estimate of drug-likeness (QED) is 0.463. The molecule has 7 heteroatoms. The fraction of sp³-hybridized carbons (Fsp3) is 0.818. The number of aliphatic carboxylic acids is 1. The summed E-state index contributed by atoms with van der Waals surface area (Å²) in [4.78, 5) is 22.0. The van der Waals surface area contributed by atoms with Gasteiger partial charge in [0.05, 0.1) is 6.10 Å². The van der Waals surface area contributed by atoms with Crippen molar-refractivity contribution >= 4 is 12.0 Å². The first-order chi connectivity index (χ1) is 8.63. The molecule has 7 nitrogen and oxygen atoms in total. The van der Waals surface area contributed by atoms with Crippen LogP contribution in [0.3, 0.4) is 0 Å². The van der Waals surface area contributed by atoms with Gasteiger partial charge in [0.25, 0.3) is 0 Å². The molecule has 0 aromatic heterocycles. The summed E-state index contributed by atoms with van der Waals surface area (Å²) in [7, 11) is 1.86. The van der Waals surface area contributed by atoms with Crippen LogP contribution in [0.25, 0.3) is 0 Å². The molecule has 0 spiro atoms. The monoisotopic (exact) mass is 259 g/mol. The van der Waals surface area contributed by atoms with Crippen molar-refractivity contribution in [2.45, 2.75) is 31.5 Å². The molecule has 1 rings (SSSR count). The van der Waals surface area contributed by atoms with E-state index in [1.807, 2.05) is 7.05 Å². The Balaban J connectivity index is 2.07. The van der Waals surface area contributed by atoms with Crippen LogP contribution >= 0.6 is 0 Å². The molecule has 18 heavy (non-hydrogen) atoms. The molecule has 2 amide bonds. The zero-order chi connectivity index (χ0) is 13.4. The van der Waals surface area contributed by atoms with Gasteiger partial charge in [0.15, 0.2) is 6.10 Å². The Bertz CT molecular complexity index is 285. The molecule has 104 valence electrons. The van der Waals surface area contributed by atoms with E-state index in [4.69, 9.17) is 9.84 Å². The van der Waals surface area contributed by atoms with Crippen LogP contribution in [-0.4, -0.2) is 56.0 Å². The molecular formula is C11H21N3O4. The van der Waals surface area contributed by atoms with Gasteiger partial charge in [-0.25, -0.2) is 9.59 Å². The van der Waals surface area contributed by atoms with E-state index in [2.05, 4.69) is 16.0 Å². The van der Waals surface area contributed by atoms with Crippen molar-refractivity contribution in [1.82, 2.24) is 16.0 Å². The largest absolute Gasteiger partial charge is 0.479 e. The average molecular weight is 259 g/mol. The van der Waals surface area contributed by atoms with Crippen LogP contribution in [0.1, 0.15) is 19.3 Å². The molecule has 0 saturated carbocycles. The third-order valence-electron chi connectivity index (χ3n) is 2.76. The van der Waals surface area contributed by atoms with Crippen molar-refractivity contribution in [1.29, 1.82) is 0 Å². The van der Waals surface area contributed by atoms with Crippen LogP contribution in [0, 0.1) is 0 Å². The highest BCUT2D eigenvalue weighted by Crippen LogP contribution is 2.18. The number of carbonyl (C=O) groups is 2. The lowest BCUT2D eigenvalue weighted by atomic mass is 10.2. The summed E-state index contributed by atoms with van der Waals surface area (Å²) in [5.41, 5.74) is 0. The highest BCUT2D eigenvalue weighted by Gasteiger charge is 2.30. The van der Waals surface area contributed by atoms with E-state index < -0.39 is 12.1 Å². The predicted octanol–water partition coefficient (Wildman–Crippen LogP) is -0.473. The second kappa shape index (κ2) is 7.88. The number of nitrogens with one attached hydrogen (secondary N) is 3. The zero-order valence-electron chi connectivity index (χ0n) is 10.6. The van der Waals surface area contributed by atoms with Crippen molar-refractivity contribution in [3.8, 4) is 0 Å². The topological polar surface area (TPSA) is 99.7 Å². The Labute approximate surface area is 106 Å². The van der Waals surface area contributed by atoms with Gasteiger partial charge in [-0.15, -0.1) is 0 Å². The molecule has 0 aliphatic carbocycles. The van der Waals surface area contributed by atoms with Gasteiger partial charge in [0.1, 0.15) is 0 Å². The minimum atomic E-state index is -0.936. The van der Waals surface area contributed by atoms with Crippen molar-refractivity contribution in [2.24, 2.45) is 0 Å². The number of hydrogen-bond donors (Lipinski definition) is 4. The number of carboxylic acid groups (broad SMARTS) is 1. The average Bonchev–Trinajstić information content (AvgIpc) is 2.81. The molecule has 0 radical (unpaired) electrons. The number of ether oxygens (including phenoxy) is 1. The maximum absolute atomic E-state index is 11.4. The lowest BCUT2D eigenvalue weighted by molar-refractivity contribution is -0.149. The summed E-state index contributed by atoms with van der Waals surface area (Å²) in [5, 5.41) is 17.1. The number of carbonyl (C=O) groups excluding carboxylic acids is 1. The van der Waals surface area contributed by atoms with E-state index in [0.29, 0.717) is 25.9 Å². The summed E-state index contributed by atoms with van der Waals surface area (Å²) in [6.45, 7) is 1.81. The van der Waals surface area contributed by atoms with Crippen molar-refractivity contribution in [3.05, 3.63) is 0 Å². The van der Waals surface area contributed by atoms with Crippen molar-refractivity contribution < 1.29 is 19.4 Å². The maximum atomic E-state index is 11.4. The molecule has 2 atom stereocenters. The van der Waals surface area contributed by atoms with Gasteiger partial charge in [-0.2, -0.15) is 0 Å². The van der Waals surface area contributed by atoms with Crippen molar-refractivity contribution in [2.75, 3.05) is 26.7 Å². The van der Waals surface area contributed by atoms with Crippen LogP contribution in [0.5, 0.6) is 0 Å². The Morgan fingerprint density at radius 1 is 1.28 bits per heavy atom. The number of carboxylic acids is 1. The van der Waals surface area contributed by atoms with Crippen LogP contribution < -0.4 is 16.0 Å². The molecule has 2 unspecified atom stereocenters. The Hall–Kier alpha value is -1.34. The minimum Gasteiger partial charge on any atom is -0.479 e. The highest BCUT2D eigenvalue weighted by atomic mass is 16.5. The Morgan fingerprint density at radius 2 is 2.06 bits per heavy atom.